The van der Waals surface area contributed by atoms with Gasteiger partial charge in [-0.3, -0.25) is 0 Å². The van der Waals surface area contributed by atoms with Crippen LogP contribution in [0.3, 0.4) is 0 Å². The van der Waals surface area contributed by atoms with Gasteiger partial charge < -0.3 is 5.73 Å². The van der Waals surface area contributed by atoms with E-state index < -0.39 is 6.67 Å². The second-order valence-electron chi connectivity index (χ2n) is 1.83. The van der Waals surface area contributed by atoms with Crippen molar-refractivity contribution in [1.29, 1.82) is 0 Å². The molecule has 0 aliphatic carbocycles. The van der Waals surface area contributed by atoms with Crippen LogP contribution in [-0.4, -0.2) is 4.98 Å². The summed E-state index contributed by atoms with van der Waals surface area (Å²) in [5.41, 5.74) is 5.75. The number of hydrogen-bond acceptors (Lipinski definition) is 2. The topological polar surface area (TPSA) is 38.9 Å². The molecule has 0 unspecified atom stereocenters. The smallest absolute Gasteiger partial charge is 0.129 e. The average molecular weight is 205 g/mol. The van der Waals surface area contributed by atoms with Gasteiger partial charge in [0.2, 0.25) is 0 Å². The number of pyridine rings is 1. The molecule has 0 bridgehead atoms. The van der Waals surface area contributed by atoms with Crippen LogP contribution < -0.4 is 5.73 Å². The Morgan fingerprint density at radius 1 is 1.70 bits per heavy atom. The van der Waals surface area contributed by atoms with Crippen molar-refractivity contribution >= 4 is 21.7 Å². The second kappa shape index (κ2) is 2.96. The molecule has 54 valence electrons. The van der Waals surface area contributed by atoms with Gasteiger partial charge in [0.05, 0.1) is 0 Å². The minimum absolute atomic E-state index is 0.255. The van der Waals surface area contributed by atoms with Crippen molar-refractivity contribution in [1.82, 2.24) is 4.98 Å². The number of aromatic nitrogens is 1. The van der Waals surface area contributed by atoms with Crippen molar-refractivity contribution in [3.63, 3.8) is 0 Å². The lowest BCUT2D eigenvalue weighted by Gasteiger charge is -1.98. The number of rotatable bonds is 1. The predicted molar refractivity (Wildman–Crippen MR) is 41.2 cm³/mol. The van der Waals surface area contributed by atoms with Crippen LogP contribution in [0.25, 0.3) is 0 Å². The summed E-state index contributed by atoms with van der Waals surface area (Å²) in [4.78, 5) is 3.74. The number of nitrogens with zero attached hydrogens (tertiary/aromatic N) is 1. The molecule has 0 amide bonds. The molecule has 2 N–H and O–H groups in total. The Morgan fingerprint density at radius 2 is 2.40 bits per heavy atom. The zero-order valence-corrected chi connectivity index (χ0v) is 6.73. The molecular formula is C6H6BrFN2. The van der Waals surface area contributed by atoms with Crippen molar-refractivity contribution in [3.8, 4) is 0 Å². The molecule has 0 fully saturated rings. The molecule has 4 heteroatoms. The molecule has 1 aromatic heterocycles. The van der Waals surface area contributed by atoms with Gasteiger partial charge >= 0.3 is 0 Å². The molecule has 0 spiro atoms. The molecular weight excluding hydrogens is 199 g/mol. The third kappa shape index (κ3) is 1.44. The van der Waals surface area contributed by atoms with E-state index in [9.17, 15) is 4.39 Å². The van der Waals surface area contributed by atoms with Gasteiger partial charge in [-0.1, -0.05) is 0 Å². The Kier molecular flexibility index (Phi) is 2.21. The molecule has 1 heterocycles. The van der Waals surface area contributed by atoms with Gasteiger partial charge in [0, 0.05) is 16.2 Å². The van der Waals surface area contributed by atoms with Gasteiger partial charge in [-0.05, 0) is 22.0 Å². The van der Waals surface area contributed by atoms with Crippen LogP contribution in [0.5, 0.6) is 0 Å². The zero-order chi connectivity index (χ0) is 7.56. The highest BCUT2D eigenvalue weighted by Gasteiger charge is 1.98. The summed E-state index contributed by atoms with van der Waals surface area (Å²) >= 11 is 3.15. The Balaban J connectivity index is 3.09. The van der Waals surface area contributed by atoms with Gasteiger partial charge in [-0.15, -0.1) is 0 Å². The SMILES string of the molecule is Nc1ncc(Br)cc1CF. The number of nitrogen functional groups attached to an aromatic ring is 1. The van der Waals surface area contributed by atoms with Crippen molar-refractivity contribution in [2.24, 2.45) is 0 Å². The molecule has 10 heavy (non-hydrogen) atoms. The first-order valence-corrected chi connectivity index (χ1v) is 3.49. The summed E-state index contributed by atoms with van der Waals surface area (Å²) in [5, 5.41) is 0. The standard InChI is InChI=1S/C6H6BrFN2/c7-5-1-4(2-8)6(9)10-3-5/h1,3H,2H2,(H2,9,10). The quantitative estimate of drug-likeness (QED) is 0.760. The third-order valence-electron chi connectivity index (χ3n) is 1.11. The van der Waals surface area contributed by atoms with E-state index in [-0.39, 0.29) is 5.82 Å². The molecule has 1 aromatic rings. The molecule has 1 rings (SSSR count). The number of nitrogens with two attached hydrogens (primary N) is 1. The van der Waals surface area contributed by atoms with E-state index in [2.05, 4.69) is 20.9 Å². The monoisotopic (exact) mass is 204 g/mol. The first-order chi connectivity index (χ1) is 4.74. The van der Waals surface area contributed by atoms with E-state index in [1.807, 2.05) is 0 Å². The summed E-state index contributed by atoms with van der Waals surface area (Å²) < 4.78 is 12.8. The fourth-order valence-corrected chi connectivity index (χ4v) is 0.978. The first-order valence-electron chi connectivity index (χ1n) is 2.70. The second-order valence-corrected chi connectivity index (χ2v) is 2.75. The van der Waals surface area contributed by atoms with Crippen LogP contribution in [0.2, 0.25) is 0 Å². The molecule has 0 aliphatic heterocycles. The van der Waals surface area contributed by atoms with Crippen molar-refractivity contribution < 1.29 is 4.39 Å². The minimum Gasteiger partial charge on any atom is -0.383 e. The molecule has 0 aromatic carbocycles. The molecule has 0 aliphatic rings. The third-order valence-corrected chi connectivity index (χ3v) is 1.55. The van der Waals surface area contributed by atoms with Crippen LogP contribution in [0.1, 0.15) is 5.56 Å². The lowest BCUT2D eigenvalue weighted by molar-refractivity contribution is 0.485. The Bertz CT molecular complexity index is 239. The number of hydrogen-bond donors (Lipinski definition) is 1. The highest BCUT2D eigenvalue weighted by molar-refractivity contribution is 9.10. The van der Waals surface area contributed by atoms with E-state index in [0.717, 1.165) is 4.47 Å². The maximum Gasteiger partial charge on any atom is 0.129 e. The summed E-state index contributed by atoms with van der Waals surface area (Å²) in [6.45, 7) is -0.571. The van der Waals surface area contributed by atoms with Crippen LogP contribution in [-0.2, 0) is 6.67 Å². The predicted octanol–water partition coefficient (Wildman–Crippen LogP) is 1.90. The molecule has 0 radical (unpaired) electrons. The van der Waals surface area contributed by atoms with E-state index in [4.69, 9.17) is 5.73 Å². The van der Waals surface area contributed by atoms with Gasteiger partial charge in [0.1, 0.15) is 12.5 Å². The fourth-order valence-electron chi connectivity index (χ4n) is 0.599. The van der Waals surface area contributed by atoms with Crippen molar-refractivity contribution in [2.45, 2.75) is 6.67 Å². The molecule has 0 saturated heterocycles. The van der Waals surface area contributed by atoms with Gasteiger partial charge in [-0.2, -0.15) is 0 Å². The fraction of sp³-hybridized carbons (Fsp3) is 0.167. The first kappa shape index (κ1) is 7.47. The average Bonchev–Trinajstić information content (AvgIpc) is 1.94. The van der Waals surface area contributed by atoms with Gasteiger partial charge in [0.15, 0.2) is 0 Å². The van der Waals surface area contributed by atoms with Gasteiger partial charge in [0.25, 0.3) is 0 Å². The summed E-state index contributed by atoms with van der Waals surface area (Å²) in [6.07, 6.45) is 1.54. The van der Waals surface area contributed by atoms with E-state index in [0.29, 0.717) is 5.56 Å². The van der Waals surface area contributed by atoms with Crippen LogP contribution in [0, 0.1) is 0 Å². The summed E-state index contributed by atoms with van der Waals surface area (Å²) in [5.74, 6) is 0.255. The normalized spacial score (nSPS) is 9.80. The maximum atomic E-state index is 12.0. The van der Waals surface area contributed by atoms with Crippen LogP contribution in [0.4, 0.5) is 10.2 Å². The van der Waals surface area contributed by atoms with Gasteiger partial charge in [-0.25, -0.2) is 9.37 Å². The Morgan fingerprint density at radius 3 is 2.90 bits per heavy atom. The highest BCUT2D eigenvalue weighted by atomic mass is 79.9. The highest BCUT2D eigenvalue weighted by Crippen LogP contribution is 2.15. The molecule has 2 nitrogen and oxygen atoms in total. The summed E-state index contributed by atoms with van der Waals surface area (Å²) in [7, 11) is 0. The van der Waals surface area contributed by atoms with Crippen molar-refractivity contribution in [3.05, 3.63) is 22.3 Å². The van der Waals surface area contributed by atoms with Crippen LogP contribution in [0.15, 0.2) is 16.7 Å². The summed E-state index contributed by atoms with van der Waals surface area (Å²) in [6, 6.07) is 1.61. The zero-order valence-electron chi connectivity index (χ0n) is 5.14. The van der Waals surface area contributed by atoms with E-state index in [1.165, 1.54) is 6.20 Å². The van der Waals surface area contributed by atoms with Crippen molar-refractivity contribution in [2.75, 3.05) is 5.73 Å². The Labute approximate surface area is 66.4 Å². The Hall–Kier alpha value is -0.640. The number of anilines is 1. The van der Waals surface area contributed by atoms with Crippen LogP contribution >= 0.6 is 15.9 Å². The molecule has 0 atom stereocenters. The van der Waals surface area contributed by atoms with E-state index in [1.54, 1.807) is 6.07 Å². The lowest BCUT2D eigenvalue weighted by atomic mass is 10.3. The van der Waals surface area contributed by atoms with E-state index >= 15 is 0 Å². The number of alkyl halides is 1. The minimum atomic E-state index is -0.571. The largest absolute Gasteiger partial charge is 0.383 e. The number of halogens is 2. The maximum absolute atomic E-state index is 12.0. The lowest BCUT2D eigenvalue weighted by Crippen LogP contribution is -1.94. The molecule has 0 saturated carbocycles.